The van der Waals surface area contributed by atoms with Gasteiger partial charge in [-0.1, -0.05) is 26.0 Å². The van der Waals surface area contributed by atoms with E-state index in [1.165, 1.54) is 5.56 Å². The van der Waals surface area contributed by atoms with Crippen LogP contribution in [-0.4, -0.2) is 6.61 Å². The molecule has 0 radical (unpaired) electrons. The van der Waals surface area contributed by atoms with Crippen molar-refractivity contribution in [3.05, 3.63) is 29.8 Å². The Morgan fingerprint density at radius 2 is 2.38 bits per heavy atom. The highest BCUT2D eigenvalue weighted by Crippen LogP contribution is 2.36. The van der Waals surface area contributed by atoms with E-state index in [9.17, 15) is 0 Å². The molecule has 0 bridgehead atoms. The van der Waals surface area contributed by atoms with Crippen LogP contribution in [0.15, 0.2) is 12.1 Å². The lowest BCUT2D eigenvalue weighted by Crippen LogP contribution is -2.17. The van der Waals surface area contributed by atoms with Gasteiger partial charge in [0.1, 0.15) is 5.75 Å². The van der Waals surface area contributed by atoms with E-state index >= 15 is 0 Å². The van der Waals surface area contributed by atoms with Gasteiger partial charge in [0.05, 0.1) is 6.61 Å². The first kappa shape index (κ1) is 8.44. The minimum atomic E-state index is 0.598. The van der Waals surface area contributed by atoms with Gasteiger partial charge in [-0.15, -0.1) is 0 Å². The molecule has 1 heterocycles. The molecule has 0 aliphatic carbocycles. The fourth-order valence-corrected chi connectivity index (χ4v) is 1.90. The number of fused-ring (bicyclic) bond motifs is 1. The summed E-state index contributed by atoms with van der Waals surface area (Å²) in [5, 5.41) is 0. The zero-order valence-corrected chi connectivity index (χ0v) is 8.13. The summed E-state index contributed by atoms with van der Waals surface area (Å²) in [6, 6.07) is 10.0. The Kier molecular flexibility index (Phi) is 2.14. The van der Waals surface area contributed by atoms with Gasteiger partial charge in [0, 0.05) is 11.5 Å². The topological polar surface area (TPSA) is 9.23 Å². The fourth-order valence-electron chi connectivity index (χ4n) is 1.90. The Morgan fingerprint density at radius 1 is 1.54 bits per heavy atom. The molecule has 1 atom stereocenters. The molecule has 0 amide bonds. The molecular formula is C12H14O. The molecule has 0 aromatic heterocycles. The third-order valence-corrected chi connectivity index (χ3v) is 2.65. The maximum atomic E-state index is 5.55. The first-order valence-electron chi connectivity index (χ1n) is 4.84. The molecular weight excluding hydrogens is 160 g/mol. The van der Waals surface area contributed by atoms with Crippen molar-refractivity contribution in [2.45, 2.75) is 26.2 Å². The second-order valence-corrected chi connectivity index (χ2v) is 3.87. The number of hydrogen-bond donors (Lipinski definition) is 0. The van der Waals surface area contributed by atoms with Crippen LogP contribution in [0.4, 0.5) is 0 Å². The summed E-state index contributed by atoms with van der Waals surface area (Å²) >= 11 is 0. The van der Waals surface area contributed by atoms with E-state index in [1.54, 1.807) is 0 Å². The van der Waals surface area contributed by atoms with E-state index in [-0.39, 0.29) is 0 Å². The van der Waals surface area contributed by atoms with Crippen molar-refractivity contribution in [3.8, 4) is 5.75 Å². The van der Waals surface area contributed by atoms with Crippen LogP contribution in [0, 0.1) is 18.1 Å². The molecule has 1 aromatic carbocycles. The molecule has 1 nitrogen and oxygen atoms in total. The summed E-state index contributed by atoms with van der Waals surface area (Å²) in [7, 11) is 0. The smallest absolute Gasteiger partial charge is 0.131 e. The summed E-state index contributed by atoms with van der Waals surface area (Å²) in [6.07, 6.45) is 1.11. The molecule has 0 fully saturated rings. The number of ether oxygens (including phenoxy) is 1. The van der Waals surface area contributed by atoms with Crippen LogP contribution in [0.25, 0.3) is 0 Å². The van der Waals surface area contributed by atoms with E-state index in [1.807, 2.05) is 12.1 Å². The summed E-state index contributed by atoms with van der Waals surface area (Å²) in [6.45, 7) is 5.34. The van der Waals surface area contributed by atoms with Crippen molar-refractivity contribution in [1.29, 1.82) is 0 Å². The monoisotopic (exact) mass is 174 g/mol. The van der Waals surface area contributed by atoms with E-state index in [4.69, 9.17) is 4.74 Å². The minimum Gasteiger partial charge on any atom is -0.493 e. The molecule has 0 saturated heterocycles. The molecule has 2 rings (SSSR count). The fraction of sp³-hybridized carbons (Fsp3) is 0.500. The Bertz CT molecular complexity index is 291. The molecule has 1 aromatic rings. The standard InChI is InChI=1S/C12H14O/c1-9(2)10-7-8-13-12-6-4-3-5-11(10)12/h4,6,9-10H,7-8H2,1-2H3. The van der Waals surface area contributed by atoms with Gasteiger partial charge in [-0.05, 0) is 24.5 Å². The first-order chi connectivity index (χ1) is 6.29. The molecule has 1 aliphatic rings. The molecule has 13 heavy (non-hydrogen) atoms. The Hall–Kier alpha value is -1.16. The Morgan fingerprint density at radius 3 is 3.15 bits per heavy atom. The number of hydrogen-bond acceptors (Lipinski definition) is 1. The van der Waals surface area contributed by atoms with Crippen LogP contribution >= 0.6 is 0 Å². The van der Waals surface area contributed by atoms with Gasteiger partial charge in [-0.25, -0.2) is 0 Å². The summed E-state index contributed by atoms with van der Waals surface area (Å²) < 4.78 is 5.55. The van der Waals surface area contributed by atoms with E-state index < -0.39 is 0 Å². The Balaban J connectivity index is 2.37. The molecule has 0 N–H and O–H groups in total. The summed E-state index contributed by atoms with van der Waals surface area (Å²) in [5.41, 5.74) is 1.21. The predicted molar refractivity (Wildman–Crippen MR) is 51.8 cm³/mol. The maximum absolute atomic E-state index is 5.55. The van der Waals surface area contributed by atoms with Gasteiger partial charge in [0.15, 0.2) is 0 Å². The first-order valence-corrected chi connectivity index (χ1v) is 4.84. The van der Waals surface area contributed by atoms with E-state index in [2.05, 4.69) is 26.0 Å². The van der Waals surface area contributed by atoms with Gasteiger partial charge < -0.3 is 4.74 Å². The van der Waals surface area contributed by atoms with Crippen molar-refractivity contribution in [1.82, 2.24) is 0 Å². The van der Waals surface area contributed by atoms with Crippen molar-refractivity contribution in [2.75, 3.05) is 6.61 Å². The number of rotatable bonds is 1. The average molecular weight is 174 g/mol. The van der Waals surface area contributed by atoms with Crippen molar-refractivity contribution in [3.63, 3.8) is 0 Å². The minimum absolute atomic E-state index is 0.598. The van der Waals surface area contributed by atoms with E-state index in [0.717, 1.165) is 18.8 Å². The highest BCUT2D eigenvalue weighted by Gasteiger charge is 2.23. The largest absolute Gasteiger partial charge is 0.493 e. The Labute approximate surface area is 79.7 Å². The van der Waals surface area contributed by atoms with Gasteiger partial charge in [0.2, 0.25) is 0 Å². The summed E-state index contributed by atoms with van der Waals surface area (Å²) in [5.74, 6) is 2.26. The van der Waals surface area contributed by atoms with Gasteiger partial charge in [0.25, 0.3) is 0 Å². The lowest BCUT2D eigenvalue weighted by molar-refractivity contribution is 0.247. The van der Waals surface area contributed by atoms with Gasteiger partial charge in [-0.3, -0.25) is 0 Å². The lowest BCUT2D eigenvalue weighted by atomic mass is 9.85. The van der Waals surface area contributed by atoms with Gasteiger partial charge >= 0.3 is 0 Å². The maximum Gasteiger partial charge on any atom is 0.131 e. The molecule has 1 aliphatic heterocycles. The quantitative estimate of drug-likeness (QED) is 0.636. The van der Waals surface area contributed by atoms with Crippen LogP contribution in [-0.2, 0) is 0 Å². The van der Waals surface area contributed by atoms with Crippen molar-refractivity contribution in [2.24, 2.45) is 5.92 Å². The summed E-state index contributed by atoms with van der Waals surface area (Å²) in [4.78, 5) is 0. The van der Waals surface area contributed by atoms with Crippen LogP contribution in [0.5, 0.6) is 5.75 Å². The molecule has 1 unspecified atom stereocenters. The zero-order valence-electron chi connectivity index (χ0n) is 8.13. The average Bonchev–Trinajstić information content (AvgIpc) is 2.17. The zero-order chi connectivity index (χ0) is 9.26. The highest BCUT2D eigenvalue weighted by molar-refractivity contribution is 5.34. The van der Waals surface area contributed by atoms with Crippen LogP contribution in [0.2, 0.25) is 0 Å². The third kappa shape index (κ3) is 1.49. The SMILES string of the molecule is CC(C)C1CCOc2ccc#cc21. The van der Waals surface area contributed by atoms with Crippen LogP contribution in [0.1, 0.15) is 31.7 Å². The van der Waals surface area contributed by atoms with E-state index in [0.29, 0.717) is 11.8 Å². The molecule has 0 saturated carbocycles. The van der Waals surface area contributed by atoms with Crippen molar-refractivity contribution >= 4 is 0 Å². The third-order valence-electron chi connectivity index (χ3n) is 2.65. The normalized spacial score (nSPS) is 20.4. The van der Waals surface area contributed by atoms with Crippen molar-refractivity contribution < 1.29 is 4.74 Å². The van der Waals surface area contributed by atoms with Gasteiger partial charge in [-0.2, -0.15) is 0 Å². The van der Waals surface area contributed by atoms with Crippen LogP contribution < -0.4 is 4.74 Å². The molecule has 0 spiro atoms. The molecule has 68 valence electrons. The highest BCUT2D eigenvalue weighted by atomic mass is 16.5. The second-order valence-electron chi connectivity index (χ2n) is 3.87. The van der Waals surface area contributed by atoms with Crippen LogP contribution in [0.3, 0.4) is 0 Å². The lowest BCUT2D eigenvalue weighted by Gasteiger charge is -2.26. The second kappa shape index (κ2) is 3.30. The molecule has 1 heteroatoms. The predicted octanol–water partition coefficient (Wildman–Crippen LogP) is 2.81.